The van der Waals surface area contributed by atoms with Crippen molar-refractivity contribution in [3.05, 3.63) is 102 Å². The third-order valence-electron chi connectivity index (χ3n) is 5.14. The molecule has 0 bridgehead atoms. The molecule has 5 rings (SSSR count). The molecule has 0 spiro atoms. The quantitative estimate of drug-likeness (QED) is 0.260. The summed E-state index contributed by atoms with van der Waals surface area (Å²) in [7, 11) is 0. The molecule has 2 aromatic heterocycles. The molecule has 162 valence electrons. The van der Waals surface area contributed by atoms with Gasteiger partial charge in [-0.3, -0.25) is 4.79 Å². The summed E-state index contributed by atoms with van der Waals surface area (Å²) in [6, 6.07) is 27.9. The van der Waals surface area contributed by atoms with Crippen molar-refractivity contribution in [3.8, 4) is 16.3 Å². The fraction of sp³-hybridized carbons (Fsp3) is 0.0385. The molecule has 0 fully saturated rings. The average Bonchev–Trinajstić information content (AvgIpc) is 3.53. The Balaban J connectivity index is 1.29. The molecule has 0 aliphatic rings. The fourth-order valence-electron chi connectivity index (χ4n) is 3.57. The van der Waals surface area contributed by atoms with Gasteiger partial charge in [0, 0.05) is 22.8 Å². The summed E-state index contributed by atoms with van der Waals surface area (Å²) in [6.07, 6.45) is 3.55. The molecule has 0 aliphatic heterocycles. The minimum Gasteiger partial charge on any atom is -0.376 e. The van der Waals surface area contributed by atoms with Gasteiger partial charge < -0.3 is 5.32 Å². The minimum atomic E-state index is -0.229. The molecule has 5 aromatic rings. The zero-order valence-corrected chi connectivity index (χ0v) is 18.5. The van der Waals surface area contributed by atoms with Gasteiger partial charge in [-0.15, -0.1) is 11.3 Å². The minimum absolute atomic E-state index is 0.117. The molecule has 2 N–H and O–H groups in total. The number of hydrogen-bond acceptors (Lipinski definition) is 5. The molecule has 0 radical (unpaired) electrons. The first kappa shape index (κ1) is 20.7. The second-order valence-corrected chi connectivity index (χ2v) is 8.31. The first-order chi connectivity index (χ1) is 16.3. The summed E-state index contributed by atoms with van der Waals surface area (Å²) in [5.74, 6) is -0.229. The van der Waals surface area contributed by atoms with Gasteiger partial charge in [-0.25, -0.2) is 10.1 Å². The Morgan fingerprint density at radius 3 is 2.64 bits per heavy atom. The van der Waals surface area contributed by atoms with E-state index in [0.717, 1.165) is 38.3 Å². The monoisotopic (exact) mass is 451 g/mol. The highest BCUT2D eigenvalue weighted by Gasteiger charge is 2.12. The van der Waals surface area contributed by atoms with Crippen LogP contribution in [0.15, 0.2) is 102 Å². The van der Waals surface area contributed by atoms with Gasteiger partial charge in [0.1, 0.15) is 5.69 Å². The number of rotatable bonds is 7. The Bertz CT molecular complexity index is 1400. The maximum Gasteiger partial charge on any atom is 0.259 e. The van der Waals surface area contributed by atoms with Crippen molar-refractivity contribution in [2.45, 2.75) is 0 Å². The van der Waals surface area contributed by atoms with Crippen LogP contribution < -0.4 is 10.7 Å². The Morgan fingerprint density at radius 2 is 1.79 bits per heavy atom. The van der Waals surface area contributed by atoms with Crippen LogP contribution in [0.5, 0.6) is 0 Å². The van der Waals surface area contributed by atoms with Gasteiger partial charge in [0.05, 0.1) is 23.3 Å². The van der Waals surface area contributed by atoms with Gasteiger partial charge in [-0.1, -0.05) is 60.7 Å². The van der Waals surface area contributed by atoms with Crippen LogP contribution in [0, 0.1) is 0 Å². The molecular weight excluding hydrogens is 430 g/mol. The van der Waals surface area contributed by atoms with Gasteiger partial charge in [0.2, 0.25) is 0 Å². The van der Waals surface area contributed by atoms with Crippen LogP contribution in [0.4, 0.5) is 5.69 Å². The number of carbonyl (C=O) groups excluding carboxylic acids is 1. The van der Waals surface area contributed by atoms with E-state index in [4.69, 9.17) is 5.10 Å². The number of thiophene rings is 1. The maximum absolute atomic E-state index is 12.4. The molecule has 1 amide bonds. The van der Waals surface area contributed by atoms with Crippen LogP contribution in [0.1, 0.15) is 5.56 Å². The van der Waals surface area contributed by atoms with Crippen molar-refractivity contribution in [3.63, 3.8) is 0 Å². The van der Waals surface area contributed by atoms with E-state index in [1.165, 1.54) is 0 Å². The van der Waals surface area contributed by atoms with Gasteiger partial charge in [-0.05, 0) is 35.0 Å². The standard InChI is InChI=1S/C26H21N5OS/c32-25(17-27-23-13-6-9-19-8-4-5-12-22(19)23)29-28-16-20-18-31(21-10-2-1-3-11-21)30-26(20)24-14-7-15-33-24/h1-16,18,27H,17H2,(H,29,32)/b28-16-. The van der Waals surface area contributed by atoms with Gasteiger partial charge >= 0.3 is 0 Å². The van der Waals surface area contributed by atoms with Crippen LogP contribution >= 0.6 is 11.3 Å². The zero-order valence-electron chi connectivity index (χ0n) is 17.7. The summed E-state index contributed by atoms with van der Waals surface area (Å²) in [5, 5.41) is 16.3. The Morgan fingerprint density at radius 1 is 0.970 bits per heavy atom. The van der Waals surface area contributed by atoms with Crippen LogP contribution in [0.2, 0.25) is 0 Å². The number of nitrogens with one attached hydrogen (secondary N) is 2. The number of anilines is 1. The van der Waals surface area contributed by atoms with Crippen LogP contribution in [-0.4, -0.2) is 28.4 Å². The number of benzene rings is 3. The van der Waals surface area contributed by atoms with E-state index in [1.807, 2.05) is 101 Å². The van der Waals surface area contributed by atoms with Crippen LogP contribution in [0.25, 0.3) is 27.0 Å². The number of fused-ring (bicyclic) bond motifs is 1. The lowest BCUT2D eigenvalue weighted by Crippen LogP contribution is -2.25. The third-order valence-corrected chi connectivity index (χ3v) is 6.02. The SMILES string of the molecule is O=C(CNc1cccc2ccccc12)N/N=C\c1cn(-c2ccccc2)nc1-c1cccs1. The first-order valence-electron chi connectivity index (χ1n) is 10.5. The molecule has 0 unspecified atom stereocenters. The van der Waals surface area contributed by atoms with Gasteiger partial charge in [0.15, 0.2) is 0 Å². The fourth-order valence-corrected chi connectivity index (χ4v) is 4.30. The van der Waals surface area contributed by atoms with Gasteiger partial charge in [-0.2, -0.15) is 10.2 Å². The average molecular weight is 452 g/mol. The Hall–Kier alpha value is -4.23. The van der Waals surface area contributed by atoms with E-state index in [9.17, 15) is 4.79 Å². The van der Waals surface area contributed by atoms with E-state index in [2.05, 4.69) is 15.8 Å². The van der Waals surface area contributed by atoms with E-state index in [0.29, 0.717) is 0 Å². The largest absolute Gasteiger partial charge is 0.376 e. The normalized spacial score (nSPS) is 11.2. The number of hydrazone groups is 1. The summed E-state index contributed by atoms with van der Waals surface area (Å²) in [6.45, 7) is 0.117. The first-order valence-corrected chi connectivity index (χ1v) is 11.4. The van der Waals surface area contributed by atoms with Crippen molar-refractivity contribution in [2.24, 2.45) is 5.10 Å². The van der Waals surface area contributed by atoms with Crippen molar-refractivity contribution >= 4 is 39.9 Å². The lowest BCUT2D eigenvalue weighted by atomic mass is 10.1. The van der Waals surface area contributed by atoms with Crippen LogP contribution in [0.3, 0.4) is 0 Å². The molecule has 2 heterocycles. The molecule has 7 heteroatoms. The van der Waals surface area contributed by atoms with Crippen molar-refractivity contribution in [1.82, 2.24) is 15.2 Å². The highest BCUT2D eigenvalue weighted by molar-refractivity contribution is 7.13. The van der Waals surface area contributed by atoms with E-state index in [1.54, 1.807) is 17.6 Å². The lowest BCUT2D eigenvalue weighted by Gasteiger charge is -2.08. The molecule has 6 nitrogen and oxygen atoms in total. The van der Waals surface area contributed by atoms with Crippen molar-refractivity contribution in [2.75, 3.05) is 11.9 Å². The van der Waals surface area contributed by atoms with E-state index < -0.39 is 0 Å². The van der Waals surface area contributed by atoms with Gasteiger partial charge in [0.25, 0.3) is 5.91 Å². The predicted octanol–water partition coefficient (Wildman–Crippen LogP) is 5.32. The molecule has 0 saturated carbocycles. The Kier molecular flexibility index (Phi) is 5.95. The van der Waals surface area contributed by atoms with Crippen molar-refractivity contribution in [1.29, 1.82) is 0 Å². The van der Waals surface area contributed by atoms with Crippen LogP contribution in [-0.2, 0) is 4.79 Å². The van der Waals surface area contributed by atoms with E-state index >= 15 is 0 Å². The highest BCUT2D eigenvalue weighted by atomic mass is 32.1. The third kappa shape index (κ3) is 4.68. The molecule has 33 heavy (non-hydrogen) atoms. The molecule has 0 aliphatic carbocycles. The second kappa shape index (κ2) is 9.50. The summed E-state index contributed by atoms with van der Waals surface area (Å²) >= 11 is 1.61. The number of hydrogen-bond donors (Lipinski definition) is 2. The predicted molar refractivity (Wildman–Crippen MR) is 135 cm³/mol. The highest BCUT2D eigenvalue weighted by Crippen LogP contribution is 2.27. The lowest BCUT2D eigenvalue weighted by molar-refractivity contribution is -0.119. The molecule has 0 atom stereocenters. The summed E-state index contributed by atoms with van der Waals surface area (Å²) in [4.78, 5) is 13.4. The topological polar surface area (TPSA) is 71.3 Å². The van der Waals surface area contributed by atoms with Crippen molar-refractivity contribution < 1.29 is 4.79 Å². The summed E-state index contributed by atoms with van der Waals surface area (Å²) in [5.41, 5.74) is 6.12. The smallest absolute Gasteiger partial charge is 0.259 e. The molecule has 0 saturated heterocycles. The number of amides is 1. The number of carbonyl (C=O) groups is 1. The number of aromatic nitrogens is 2. The zero-order chi connectivity index (χ0) is 22.5. The molecular formula is C26H21N5OS. The Labute approximate surface area is 195 Å². The summed E-state index contributed by atoms with van der Waals surface area (Å²) < 4.78 is 1.82. The molecule has 3 aromatic carbocycles. The maximum atomic E-state index is 12.4. The second-order valence-electron chi connectivity index (χ2n) is 7.36. The number of nitrogens with zero attached hydrogens (tertiary/aromatic N) is 3. The number of para-hydroxylation sites is 1. The van der Waals surface area contributed by atoms with E-state index in [-0.39, 0.29) is 12.5 Å².